The first-order chi connectivity index (χ1) is 16.3. The van der Waals surface area contributed by atoms with Crippen LogP contribution >= 0.6 is 15.9 Å². The first-order valence-electron chi connectivity index (χ1n) is 11.4. The van der Waals surface area contributed by atoms with Gasteiger partial charge in [0.05, 0.1) is 28.4 Å². The number of nitrogens with zero attached hydrogens (tertiary/aromatic N) is 1. The number of hydrogen-bond acceptors (Lipinski definition) is 3. The summed E-state index contributed by atoms with van der Waals surface area (Å²) in [7, 11) is 0. The third-order valence-electron chi connectivity index (χ3n) is 7.97. The zero-order valence-electron chi connectivity index (χ0n) is 18.8. The number of benzene rings is 3. The van der Waals surface area contributed by atoms with E-state index in [1.165, 1.54) is 4.90 Å². The molecule has 1 saturated carbocycles. The van der Waals surface area contributed by atoms with Crippen molar-refractivity contribution in [2.24, 2.45) is 22.7 Å². The van der Waals surface area contributed by atoms with Gasteiger partial charge in [-0.05, 0) is 54.3 Å². The normalized spacial score (nSPS) is 29.9. The predicted octanol–water partition coefficient (Wildman–Crippen LogP) is 5.77. The molecule has 0 radical (unpaired) electrons. The maximum Gasteiger partial charge on any atom is 0.239 e. The standard InChI is InChI=1S/C29H22BrNO3/c1-28-21(17-10-5-3-6-11-17)22(18-12-7-4-8-13-18)29(2,27(28)34)24-23(28)25(32)31(26(24)33)20-15-9-14-19(30)16-20/h3-16,23-24H,1-2H3/t23-,24-,28-,29+/m0/s1. The highest BCUT2D eigenvalue weighted by Crippen LogP contribution is 2.73. The SMILES string of the molecule is C[C@]12C(=O)[C@](C)(C(c3ccccc3)=C1c1ccccc1)[C@@H]1C(=O)N(c3cccc(Br)c3)C(=O)[C@H]12. The molecule has 168 valence electrons. The fourth-order valence-electron chi connectivity index (χ4n) is 6.68. The van der Waals surface area contributed by atoms with E-state index in [0.29, 0.717) is 5.69 Å². The number of fused-ring (bicyclic) bond motifs is 5. The van der Waals surface area contributed by atoms with E-state index in [0.717, 1.165) is 26.7 Å². The van der Waals surface area contributed by atoms with Gasteiger partial charge in [-0.15, -0.1) is 0 Å². The highest BCUT2D eigenvalue weighted by atomic mass is 79.9. The van der Waals surface area contributed by atoms with Crippen LogP contribution in [0, 0.1) is 22.7 Å². The Labute approximate surface area is 206 Å². The molecule has 2 fully saturated rings. The molecule has 3 aliphatic rings. The van der Waals surface area contributed by atoms with Crippen LogP contribution in [0.2, 0.25) is 0 Å². The highest BCUT2D eigenvalue weighted by molar-refractivity contribution is 9.10. The van der Waals surface area contributed by atoms with Crippen molar-refractivity contribution >= 4 is 50.4 Å². The fourth-order valence-corrected chi connectivity index (χ4v) is 7.07. The van der Waals surface area contributed by atoms with Gasteiger partial charge in [-0.2, -0.15) is 0 Å². The van der Waals surface area contributed by atoms with Crippen molar-refractivity contribution in [3.8, 4) is 0 Å². The maximum absolute atomic E-state index is 14.2. The largest absolute Gasteiger partial charge is 0.298 e. The van der Waals surface area contributed by atoms with Crippen molar-refractivity contribution in [1.29, 1.82) is 0 Å². The number of halogens is 1. The average molecular weight is 512 g/mol. The minimum atomic E-state index is -1.10. The molecule has 0 aromatic heterocycles. The minimum Gasteiger partial charge on any atom is -0.298 e. The van der Waals surface area contributed by atoms with E-state index in [1.54, 1.807) is 18.2 Å². The number of rotatable bonds is 3. The summed E-state index contributed by atoms with van der Waals surface area (Å²) in [6.45, 7) is 3.73. The Kier molecular flexibility index (Phi) is 4.43. The lowest BCUT2D eigenvalue weighted by atomic mass is 9.63. The summed E-state index contributed by atoms with van der Waals surface area (Å²) in [5, 5.41) is 0. The third kappa shape index (κ3) is 2.45. The van der Waals surface area contributed by atoms with Crippen LogP contribution in [-0.4, -0.2) is 17.6 Å². The Balaban J connectivity index is 1.63. The molecule has 3 aromatic carbocycles. The maximum atomic E-state index is 14.2. The van der Waals surface area contributed by atoms with Crippen LogP contribution in [-0.2, 0) is 14.4 Å². The number of Topliss-reactive ketones (excluding diaryl/α,β-unsaturated/α-hetero) is 1. The fraction of sp³-hybridized carbons (Fsp3) is 0.207. The number of anilines is 1. The Morgan fingerprint density at radius 2 is 1.15 bits per heavy atom. The molecule has 1 heterocycles. The zero-order valence-corrected chi connectivity index (χ0v) is 20.4. The molecule has 0 N–H and O–H groups in total. The van der Waals surface area contributed by atoms with Crippen LogP contribution in [0.3, 0.4) is 0 Å². The Morgan fingerprint density at radius 1 is 0.676 bits per heavy atom. The lowest BCUT2D eigenvalue weighted by molar-refractivity contribution is -0.133. The molecule has 3 aromatic rings. The van der Waals surface area contributed by atoms with Crippen molar-refractivity contribution in [2.45, 2.75) is 13.8 Å². The minimum absolute atomic E-state index is 0.0386. The summed E-state index contributed by atoms with van der Waals surface area (Å²) in [5.74, 6) is -2.11. The van der Waals surface area contributed by atoms with E-state index >= 15 is 0 Å². The molecular weight excluding hydrogens is 490 g/mol. The summed E-state index contributed by atoms with van der Waals surface area (Å²) in [6.07, 6.45) is 0. The summed E-state index contributed by atoms with van der Waals surface area (Å²) in [4.78, 5) is 43.4. The topological polar surface area (TPSA) is 54.5 Å². The number of ketones is 1. The molecule has 6 rings (SSSR count). The van der Waals surface area contributed by atoms with Gasteiger partial charge >= 0.3 is 0 Å². The predicted molar refractivity (Wildman–Crippen MR) is 135 cm³/mol. The van der Waals surface area contributed by atoms with Crippen molar-refractivity contribution in [3.05, 3.63) is 101 Å². The molecule has 34 heavy (non-hydrogen) atoms. The van der Waals surface area contributed by atoms with Gasteiger partial charge in [0.15, 0.2) is 5.78 Å². The van der Waals surface area contributed by atoms with Crippen molar-refractivity contribution < 1.29 is 14.4 Å². The van der Waals surface area contributed by atoms with E-state index in [1.807, 2.05) is 80.6 Å². The van der Waals surface area contributed by atoms with Crippen LogP contribution < -0.4 is 4.90 Å². The quantitative estimate of drug-likeness (QED) is 0.419. The van der Waals surface area contributed by atoms with E-state index in [2.05, 4.69) is 15.9 Å². The Morgan fingerprint density at radius 3 is 1.59 bits per heavy atom. The molecule has 2 bridgehead atoms. The Hall–Kier alpha value is -3.31. The molecule has 5 heteroatoms. The second-order valence-corrected chi connectivity index (χ2v) is 10.6. The lowest BCUT2D eigenvalue weighted by Crippen LogP contribution is -2.40. The average Bonchev–Trinajstić information content (AvgIpc) is 3.29. The molecular formula is C29H22BrNO3. The smallest absolute Gasteiger partial charge is 0.239 e. The molecule has 0 spiro atoms. The molecule has 2 amide bonds. The van der Waals surface area contributed by atoms with Gasteiger partial charge in [0.1, 0.15) is 0 Å². The van der Waals surface area contributed by atoms with Crippen LogP contribution in [0.1, 0.15) is 25.0 Å². The number of hydrogen-bond donors (Lipinski definition) is 0. The molecule has 2 aliphatic carbocycles. The van der Waals surface area contributed by atoms with Crippen molar-refractivity contribution in [3.63, 3.8) is 0 Å². The van der Waals surface area contributed by atoms with Crippen LogP contribution in [0.15, 0.2) is 89.4 Å². The van der Waals surface area contributed by atoms with Crippen molar-refractivity contribution in [2.75, 3.05) is 4.90 Å². The number of allylic oxidation sites excluding steroid dienone is 2. The second kappa shape index (κ2) is 7.09. The van der Waals surface area contributed by atoms with Gasteiger partial charge in [0, 0.05) is 4.47 Å². The third-order valence-corrected chi connectivity index (χ3v) is 8.47. The molecule has 4 nitrogen and oxygen atoms in total. The zero-order chi connectivity index (χ0) is 23.8. The Bertz CT molecular complexity index is 1330. The molecule has 1 aliphatic heterocycles. The lowest BCUT2D eigenvalue weighted by Gasteiger charge is -2.35. The summed E-state index contributed by atoms with van der Waals surface area (Å²) in [5.41, 5.74) is 1.90. The highest BCUT2D eigenvalue weighted by Gasteiger charge is 2.78. The van der Waals surface area contributed by atoms with Gasteiger partial charge in [-0.25, -0.2) is 4.90 Å². The number of amides is 2. The molecule has 1 saturated heterocycles. The van der Waals surface area contributed by atoms with Gasteiger partial charge in [0.25, 0.3) is 0 Å². The van der Waals surface area contributed by atoms with Crippen LogP contribution in [0.5, 0.6) is 0 Å². The van der Waals surface area contributed by atoms with E-state index in [9.17, 15) is 14.4 Å². The van der Waals surface area contributed by atoms with E-state index < -0.39 is 22.7 Å². The first-order valence-corrected chi connectivity index (χ1v) is 12.1. The van der Waals surface area contributed by atoms with Gasteiger partial charge in [-0.3, -0.25) is 14.4 Å². The van der Waals surface area contributed by atoms with Crippen LogP contribution in [0.4, 0.5) is 5.69 Å². The van der Waals surface area contributed by atoms with Gasteiger partial charge in [-0.1, -0.05) is 82.7 Å². The summed E-state index contributed by atoms with van der Waals surface area (Å²) < 4.78 is 0.784. The first kappa shape index (κ1) is 21.2. The number of carbonyl (C=O) groups is 3. The summed E-state index contributed by atoms with van der Waals surface area (Å²) in [6, 6.07) is 26.8. The second-order valence-electron chi connectivity index (χ2n) is 9.66. The molecule has 4 atom stereocenters. The monoisotopic (exact) mass is 511 g/mol. The number of imide groups is 1. The van der Waals surface area contributed by atoms with Gasteiger partial charge in [0.2, 0.25) is 11.8 Å². The van der Waals surface area contributed by atoms with Crippen LogP contribution in [0.25, 0.3) is 11.1 Å². The van der Waals surface area contributed by atoms with Gasteiger partial charge < -0.3 is 0 Å². The van der Waals surface area contributed by atoms with Crippen molar-refractivity contribution in [1.82, 2.24) is 0 Å². The number of carbonyl (C=O) groups excluding carboxylic acids is 3. The van der Waals surface area contributed by atoms with E-state index in [4.69, 9.17) is 0 Å². The molecule has 0 unspecified atom stereocenters. The van der Waals surface area contributed by atoms with E-state index in [-0.39, 0.29) is 17.6 Å². The summed E-state index contributed by atoms with van der Waals surface area (Å²) >= 11 is 3.45.